The lowest BCUT2D eigenvalue weighted by atomic mass is 9.97. The van der Waals surface area contributed by atoms with Crippen molar-refractivity contribution in [3.8, 4) is 17.4 Å². The van der Waals surface area contributed by atoms with Gasteiger partial charge in [0, 0.05) is 6.07 Å². The lowest BCUT2D eigenvalue weighted by Crippen LogP contribution is -2.08. The quantitative estimate of drug-likeness (QED) is 0.521. The van der Waals surface area contributed by atoms with E-state index >= 15 is 0 Å². The molecule has 5 heteroatoms. The van der Waals surface area contributed by atoms with Crippen molar-refractivity contribution in [1.82, 2.24) is 4.98 Å². The molecule has 1 aromatic carbocycles. The number of nitrogens with zero attached hydrogens (tertiary/aromatic N) is 3. The van der Waals surface area contributed by atoms with E-state index in [-0.39, 0.29) is 17.4 Å². The van der Waals surface area contributed by atoms with Crippen LogP contribution in [0.15, 0.2) is 40.3 Å². The highest BCUT2D eigenvalue weighted by atomic mass is 16.5. The first-order chi connectivity index (χ1) is 13.1. The number of benzene rings is 1. The van der Waals surface area contributed by atoms with Crippen molar-refractivity contribution in [2.45, 2.75) is 65.8 Å². The minimum atomic E-state index is -0.218. The van der Waals surface area contributed by atoms with E-state index in [1.54, 1.807) is 7.11 Å². The molecule has 0 N–H and O–H groups in total. The van der Waals surface area contributed by atoms with Crippen molar-refractivity contribution >= 4 is 11.7 Å². The first kappa shape index (κ1) is 21.6. The fraction of sp³-hybridized carbons (Fsp3) is 0.478. The minimum Gasteiger partial charge on any atom is -0.497 e. The SMILES string of the molecule is COc1ccc(Oc2cc(C(C)C)c(N=C=NC(C)(C)C)c(C(C)C)n2)cc1. The molecule has 2 rings (SSSR count). The van der Waals surface area contributed by atoms with Gasteiger partial charge in [0.15, 0.2) is 0 Å². The average molecular weight is 382 g/mol. The van der Waals surface area contributed by atoms with E-state index in [9.17, 15) is 0 Å². The van der Waals surface area contributed by atoms with E-state index in [2.05, 4.69) is 43.7 Å². The van der Waals surface area contributed by atoms with Crippen LogP contribution in [0.4, 0.5) is 5.69 Å². The van der Waals surface area contributed by atoms with Gasteiger partial charge in [-0.3, -0.25) is 0 Å². The number of hydrogen-bond donors (Lipinski definition) is 0. The summed E-state index contributed by atoms with van der Waals surface area (Å²) in [6, 6.07) is 12.3. The molecule has 1 aromatic heterocycles. The summed E-state index contributed by atoms with van der Waals surface area (Å²) in [6.07, 6.45) is 0. The Balaban J connectivity index is 2.50. The maximum absolute atomic E-state index is 6.02. The second kappa shape index (κ2) is 9.03. The Hall–Kier alpha value is -2.65. The van der Waals surface area contributed by atoms with E-state index in [4.69, 9.17) is 14.5 Å². The number of aromatic nitrogens is 1. The Morgan fingerprint density at radius 1 is 0.964 bits per heavy atom. The molecule has 0 fully saturated rings. The van der Waals surface area contributed by atoms with Gasteiger partial charge in [0.05, 0.1) is 24.4 Å². The third-order valence-corrected chi connectivity index (χ3v) is 4.02. The van der Waals surface area contributed by atoms with E-state index in [0.717, 1.165) is 22.7 Å². The first-order valence-electron chi connectivity index (χ1n) is 9.65. The molecule has 0 saturated heterocycles. The highest BCUT2D eigenvalue weighted by Gasteiger charge is 2.18. The number of methoxy groups -OCH3 is 1. The van der Waals surface area contributed by atoms with Crippen LogP contribution >= 0.6 is 0 Å². The van der Waals surface area contributed by atoms with E-state index in [0.29, 0.717) is 11.6 Å². The summed E-state index contributed by atoms with van der Waals surface area (Å²) in [7, 11) is 1.64. The Bertz CT molecular complexity index is 827. The van der Waals surface area contributed by atoms with Crippen molar-refractivity contribution in [2.75, 3.05) is 7.11 Å². The summed E-state index contributed by atoms with van der Waals surface area (Å²) in [5.74, 6) is 2.50. The summed E-state index contributed by atoms with van der Waals surface area (Å²) in [5, 5.41) is 0. The Morgan fingerprint density at radius 3 is 2.07 bits per heavy atom. The number of ether oxygens (including phenoxy) is 2. The number of hydrogen-bond acceptors (Lipinski definition) is 5. The second-order valence-electron chi connectivity index (χ2n) is 8.36. The lowest BCUT2D eigenvalue weighted by molar-refractivity contribution is 0.412. The largest absolute Gasteiger partial charge is 0.497 e. The van der Waals surface area contributed by atoms with Gasteiger partial charge in [-0.25, -0.2) is 9.98 Å². The molecule has 28 heavy (non-hydrogen) atoms. The fourth-order valence-corrected chi connectivity index (χ4v) is 2.56. The standard InChI is InChI=1S/C23H31N3O2/c1-15(2)19-13-20(28-18-11-9-17(27-8)10-12-18)26-21(16(3)4)22(19)24-14-25-23(5,6)7/h9-13,15-16H,1-8H3. The molecular formula is C23H31N3O2. The van der Waals surface area contributed by atoms with Gasteiger partial charge in [0.1, 0.15) is 17.2 Å². The molecule has 2 aromatic rings. The molecule has 5 nitrogen and oxygen atoms in total. The highest BCUT2D eigenvalue weighted by molar-refractivity contribution is 5.61. The van der Waals surface area contributed by atoms with Gasteiger partial charge < -0.3 is 9.47 Å². The van der Waals surface area contributed by atoms with Crippen molar-refractivity contribution < 1.29 is 9.47 Å². The predicted molar refractivity (Wildman–Crippen MR) is 115 cm³/mol. The number of rotatable bonds is 6. The Labute approximate surface area is 168 Å². The van der Waals surface area contributed by atoms with Gasteiger partial charge in [-0.05, 0) is 62.4 Å². The minimum absolute atomic E-state index is 0.187. The Morgan fingerprint density at radius 2 is 1.57 bits per heavy atom. The molecule has 150 valence electrons. The Kier molecular flexibility index (Phi) is 6.98. The number of pyridine rings is 1. The molecule has 0 atom stereocenters. The topological polar surface area (TPSA) is 56.1 Å². The smallest absolute Gasteiger partial charge is 0.219 e. The van der Waals surface area contributed by atoms with Crippen molar-refractivity contribution in [3.63, 3.8) is 0 Å². The van der Waals surface area contributed by atoms with Crippen LogP contribution in [-0.2, 0) is 0 Å². The van der Waals surface area contributed by atoms with Crippen LogP contribution < -0.4 is 9.47 Å². The van der Waals surface area contributed by atoms with Gasteiger partial charge in [-0.15, -0.1) is 0 Å². The molecule has 0 spiro atoms. The van der Waals surface area contributed by atoms with Crippen LogP contribution in [0.1, 0.15) is 71.6 Å². The zero-order chi connectivity index (χ0) is 20.9. The van der Waals surface area contributed by atoms with Crippen LogP contribution in [0.2, 0.25) is 0 Å². The third kappa shape index (κ3) is 5.93. The van der Waals surface area contributed by atoms with Crippen LogP contribution in [0, 0.1) is 0 Å². The van der Waals surface area contributed by atoms with Crippen LogP contribution in [0.5, 0.6) is 17.4 Å². The summed E-state index contributed by atoms with van der Waals surface area (Å²) in [4.78, 5) is 13.7. The maximum atomic E-state index is 6.02. The van der Waals surface area contributed by atoms with Crippen LogP contribution in [0.25, 0.3) is 0 Å². The van der Waals surface area contributed by atoms with Gasteiger partial charge in [-0.2, -0.15) is 4.99 Å². The normalized spacial score (nSPS) is 11.4. The molecule has 0 aliphatic heterocycles. The van der Waals surface area contributed by atoms with Crippen molar-refractivity contribution in [1.29, 1.82) is 0 Å². The molecule has 0 saturated carbocycles. The summed E-state index contributed by atoms with van der Waals surface area (Å²) >= 11 is 0. The monoisotopic (exact) mass is 381 g/mol. The lowest BCUT2D eigenvalue weighted by Gasteiger charge is -2.17. The van der Waals surface area contributed by atoms with Gasteiger partial charge in [-0.1, -0.05) is 27.7 Å². The van der Waals surface area contributed by atoms with Crippen LogP contribution in [-0.4, -0.2) is 23.6 Å². The number of aliphatic imine (C=N–C) groups is 2. The molecule has 0 amide bonds. The summed E-state index contributed by atoms with van der Waals surface area (Å²) < 4.78 is 11.2. The van der Waals surface area contributed by atoms with Crippen LogP contribution in [0.3, 0.4) is 0 Å². The van der Waals surface area contributed by atoms with Gasteiger partial charge >= 0.3 is 0 Å². The molecule has 0 aliphatic carbocycles. The molecule has 1 heterocycles. The first-order valence-corrected chi connectivity index (χ1v) is 9.65. The summed E-state index contributed by atoms with van der Waals surface area (Å²) in [6.45, 7) is 14.5. The summed E-state index contributed by atoms with van der Waals surface area (Å²) in [5.41, 5.74) is 2.56. The van der Waals surface area contributed by atoms with E-state index in [1.807, 2.05) is 51.1 Å². The van der Waals surface area contributed by atoms with Crippen molar-refractivity contribution in [3.05, 3.63) is 41.6 Å². The fourth-order valence-electron chi connectivity index (χ4n) is 2.56. The van der Waals surface area contributed by atoms with E-state index in [1.165, 1.54) is 0 Å². The molecule has 0 bridgehead atoms. The van der Waals surface area contributed by atoms with Crippen molar-refractivity contribution in [2.24, 2.45) is 9.98 Å². The zero-order valence-electron chi connectivity index (χ0n) is 18.2. The van der Waals surface area contributed by atoms with Gasteiger partial charge in [0.2, 0.25) is 5.88 Å². The molecular weight excluding hydrogens is 350 g/mol. The molecule has 0 unspecified atom stereocenters. The van der Waals surface area contributed by atoms with Gasteiger partial charge in [0.25, 0.3) is 0 Å². The zero-order valence-corrected chi connectivity index (χ0v) is 18.2. The maximum Gasteiger partial charge on any atom is 0.219 e. The molecule has 0 aliphatic rings. The second-order valence-corrected chi connectivity index (χ2v) is 8.36. The van der Waals surface area contributed by atoms with E-state index < -0.39 is 0 Å². The third-order valence-electron chi connectivity index (χ3n) is 4.02. The highest BCUT2D eigenvalue weighted by Crippen LogP contribution is 2.37. The molecule has 0 radical (unpaired) electrons. The average Bonchev–Trinajstić information content (AvgIpc) is 2.61. The predicted octanol–water partition coefficient (Wildman–Crippen LogP) is 6.73.